The molecule has 3 fully saturated rings. The van der Waals surface area contributed by atoms with Crippen molar-refractivity contribution in [3.8, 4) is 0 Å². The van der Waals surface area contributed by atoms with Crippen molar-refractivity contribution in [2.45, 2.75) is 83.5 Å². The van der Waals surface area contributed by atoms with Gasteiger partial charge in [-0.05, 0) is 64.6 Å². The van der Waals surface area contributed by atoms with Crippen LogP contribution in [0.25, 0.3) is 10.9 Å². The van der Waals surface area contributed by atoms with Gasteiger partial charge in [0.05, 0.1) is 23.8 Å². The van der Waals surface area contributed by atoms with Crippen LogP contribution in [-0.4, -0.2) is 72.2 Å². The van der Waals surface area contributed by atoms with Crippen molar-refractivity contribution in [3.05, 3.63) is 30.0 Å². The first-order valence-corrected chi connectivity index (χ1v) is 14.2. The van der Waals surface area contributed by atoms with Gasteiger partial charge >= 0.3 is 6.09 Å². The van der Waals surface area contributed by atoms with Gasteiger partial charge in [0.2, 0.25) is 11.8 Å². The third-order valence-electron chi connectivity index (χ3n) is 8.65. The summed E-state index contributed by atoms with van der Waals surface area (Å²) in [4.78, 5) is 43.0. The van der Waals surface area contributed by atoms with Gasteiger partial charge in [0.1, 0.15) is 12.6 Å². The Morgan fingerprint density at radius 2 is 1.89 bits per heavy atom. The normalized spacial score (nSPS) is 22.1. The molecule has 3 amide bonds. The van der Waals surface area contributed by atoms with Crippen LogP contribution in [0.2, 0.25) is 0 Å². The van der Waals surface area contributed by atoms with E-state index in [2.05, 4.69) is 40.3 Å². The Hall–Kier alpha value is -3.07. The summed E-state index contributed by atoms with van der Waals surface area (Å²) in [5.74, 6) is 0.0986. The van der Waals surface area contributed by atoms with Crippen molar-refractivity contribution in [1.82, 2.24) is 20.1 Å². The number of anilines is 1. The molecule has 1 aromatic carbocycles. The van der Waals surface area contributed by atoms with Crippen molar-refractivity contribution in [1.29, 1.82) is 0 Å². The molecule has 206 valence electrons. The topological polar surface area (TPSA) is 95.9 Å². The first-order chi connectivity index (χ1) is 18.4. The Bertz CT molecular complexity index is 1190. The number of amides is 3. The van der Waals surface area contributed by atoms with Crippen LogP contribution in [0, 0.1) is 12.8 Å². The lowest BCUT2D eigenvalue weighted by molar-refractivity contribution is -0.139. The van der Waals surface area contributed by atoms with Gasteiger partial charge in [-0.25, -0.2) is 4.79 Å². The first kappa shape index (κ1) is 26.5. The monoisotopic (exact) mass is 523 g/mol. The number of fused-ring (bicyclic) bond motifs is 1. The number of carbonyl (C=O) groups excluding carboxylic acids is 3. The van der Waals surface area contributed by atoms with E-state index in [9.17, 15) is 14.4 Å². The van der Waals surface area contributed by atoms with E-state index < -0.39 is 6.04 Å². The molecule has 3 atom stereocenters. The number of benzene rings is 1. The Kier molecular flexibility index (Phi) is 7.93. The minimum absolute atomic E-state index is 0.0301. The summed E-state index contributed by atoms with van der Waals surface area (Å²) in [5, 5.41) is 7.14. The molecule has 9 nitrogen and oxygen atoms in total. The molecule has 0 radical (unpaired) electrons. The van der Waals surface area contributed by atoms with E-state index in [0.29, 0.717) is 26.2 Å². The minimum atomic E-state index is -0.488. The molecule has 1 aliphatic carbocycles. The number of hydrogen-bond donors (Lipinski definition) is 2. The van der Waals surface area contributed by atoms with Gasteiger partial charge in [0, 0.05) is 30.7 Å². The van der Waals surface area contributed by atoms with Crippen molar-refractivity contribution in [3.63, 3.8) is 0 Å². The summed E-state index contributed by atoms with van der Waals surface area (Å²) in [6.07, 6.45) is 8.92. The zero-order chi connectivity index (χ0) is 26.8. The molecule has 3 heterocycles. The molecule has 9 heteroatoms. The SMILES string of the molecule is CNC(C)C(=O)NC(C(=O)N1CCCC1Cn1cc(N2CCOC2=O)c2cc(C)ccc21)C1CCCCC1. The first-order valence-electron chi connectivity index (χ1n) is 14.2. The average Bonchev–Trinajstić information content (AvgIpc) is 3.65. The highest BCUT2D eigenvalue weighted by atomic mass is 16.6. The van der Waals surface area contributed by atoms with Crippen LogP contribution in [0.5, 0.6) is 0 Å². The number of likely N-dealkylation sites (tertiary alicyclic amines) is 1. The number of aryl methyl sites for hydroxylation is 1. The average molecular weight is 524 g/mol. The lowest BCUT2D eigenvalue weighted by Gasteiger charge is -2.35. The summed E-state index contributed by atoms with van der Waals surface area (Å²) in [6.45, 7) is 6.15. The number of hydrogen-bond acceptors (Lipinski definition) is 5. The fraction of sp³-hybridized carbons (Fsp3) is 0.621. The van der Waals surface area contributed by atoms with Crippen LogP contribution in [0.15, 0.2) is 24.4 Å². The van der Waals surface area contributed by atoms with E-state index >= 15 is 0 Å². The van der Waals surface area contributed by atoms with Crippen molar-refractivity contribution >= 4 is 34.5 Å². The fourth-order valence-corrected chi connectivity index (χ4v) is 6.35. The van der Waals surface area contributed by atoms with Crippen LogP contribution < -0.4 is 15.5 Å². The number of likely N-dealkylation sites (N-methyl/N-ethyl adjacent to an activating group) is 1. The molecule has 0 spiro atoms. The van der Waals surface area contributed by atoms with E-state index in [1.807, 2.05) is 18.0 Å². The molecule has 2 N–H and O–H groups in total. The zero-order valence-corrected chi connectivity index (χ0v) is 22.9. The standard InChI is InChI=1S/C29H41N5O4/c1-19-11-12-24-23(16-19)25(34-14-15-38-29(34)37)18-32(24)17-22-10-7-13-33(22)28(36)26(21-8-5-4-6-9-21)31-27(35)20(2)30-3/h11-12,16,18,20-22,26,30H,4-10,13-15,17H2,1-3H3,(H,31,35). The largest absolute Gasteiger partial charge is 0.447 e. The second-order valence-electron chi connectivity index (χ2n) is 11.2. The van der Waals surface area contributed by atoms with Crippen LogP contribution >= 0.6 is 0 Å². The highest BCUT2D eigenvalue weighted by Gasteiger charge is 2.39. The number of nitrogens with zero attached hydrogens (tertiary/aromatic N) is 3. The van der Waals surface area contributed by atoms with E-state index in [1.165, 1.54) is 6.42 Å². The van der Waals surface area contributed by atoms with Crippen LogP contribution in [0.4, 0.5) is 10.5 Å². The Labute approximate surface area is 224 Å². The maximum Gasteiger partial charge on any atom is 0.414 e. The lowest BCUT2D eigenvalue weighted by Crippen LogP contribution is -2.56. The minimum Gasteiger partial charge on any atom is -0.447 e. The molecular weight excluding hydrogens is 482 g/mol. The molecule has 1 aromatic heterocycles. The summed E-state index contributed by atoms with van der Waals surface area (Å²) in [6, 6.07) is 5.48. The quantitative estimate of drug-likeness (QED) is 0.552. The van der Waals surface area contributed by atoms with Crippen molar-refractivity contribution in [2.24, 2.45) is 5.92 Å². The van der Waals surface area contributed by atoms with Crippen LogP contribution in [0.3, 0.4) is 0 Å². The molecular formula is C29H41N5O4. The highest BCUT2D eigenvalue weighted by molar-refractivity contribution is 6.02. The molecule has 38 heavy (non-hydrogen) atoms. The van der Waals surface area contributed by atoms with E-state index in [-0.39, 0.29) is 35.9 Å². The lowest BCUT2D eigenvalue weighted by atomic mass is 9.83. The smallest absolute Gasteiger partial charge is 0.414 e. The number of ether oxygens (including phenoxy) is 1. The Balaban J connectivity index is 1.40. The van der Waals surface area contributed by atoms with Crippen LogP contribution in [0.1, 0.15) is 57.4 Å². The van der Waals surface area contributed by atoms with Gasteiger partial charge in [-0.15, -0.1) is 0 Å². The molecule has 0 bridgehead atoms. The second-order valence-corrected chi connectivity index (χ2v) is 11.2. The van der Waals surface area contributed by atoms with Gasteiger partial charge < -0.3 is 24.8 Å². The van der Waals surface area contributed by atoms with E-state index in [0.717, 1.165) is 60.7 Å². The number of aromatic nitrogens is 1. The third-order valence-corrected chi connectivity index (χ3v) is 8.65. The summed E-state index contributed by atoms with van der Waals surface area (Å²) in [5.41, 5.74) is 3.03. The molecule has 3 unspecified atom stereocenters. The molecule has 1 saturated carbocycles. The third kappa shape index (κ3) is 5.25. The molecule has 2 aliphatic heterocycles. The van der Waals surface area contributed by atoms with Crippen molar-refractivity contribution in [2.75, 3.05) is 31.6 Å². The molecule has 2 saturated heterocycles. The predicted octanol–water partition coefficient (Wildman–Crippen LogP) is 3.57. The molecule has 5 rings (SSSR count). The zero-order valence-electron chi connectivity index (χ0n) is 22.9. The van der Waals surface area contributed by atoms with Crippen molar-refractivity contribution < 1.29 is 19.1 Å². The van der Waals surface area contributed by atoms with Crippen LogP contribution in [-0.2, 0) is 20.9 Å². The van der Waals surface area contributed by atoms with Gasteiger partial charge in [-0.2, -0.15) is 0 Å². The van der Waals surface area contributed by atoms with E-state index in [4.69, 9.17) is 4.74 Å². The van der Waals surface area contributed by atoms with Gasteiger partial charge in [0.15, 0.2) is 0 Å². The number of rotatable bonds is 8. The Morgan fingerprint density at radius 1 is 1.11 bits per heavy atom. The maximum atomic E-state index is 14.1. The number of nitrogens with one attached hydrogen (secondary N) is 2. The Morgan fingerprint density at radius 3 is 2.61 bits per heavy atom. The predicted molar refractivity (Wildman–Crippen MR) is 147 cm³/mol. The van der Waals surface area contributed by atoms with Gasteiger partial charge in [-0.3, -0.25) is 14.5 Å². The summed E-state index contributed by atoms with van der Waals surface area (Å²) < 4.78 is 7.40. The molecule has 2 aromatic rings. The maximum absolute atomic E-state index is 14.1. The fourth-order valence-electron chi connectivity index (χ4n) is 6.35. The number of cyclic esters (lactones) is 1. The summed E-state index contributed by atoms with van der Waals surface area (Å²) in [7, 11) is 1.76. The van der Waals surface area contributed by atoms with Gasteiger partial charge in [0.25, 0.3) is 0 Å². The van der Waals surface area contributed by atoms with Gasteiger partial charge in [-0.1, -0.05) is 30.9 Å². The second kappa shape index (κ2) is 11.4. The summed E-state index contributed by atoms with van der Waals surface area (Å²) >= 11 is 0. The van der Waals surface area contributed by atoms with E-state index in [1.54, 1.807) is 11.9 Å². The number of carbonyl (C=O) groups is 3. The molecule has 3 aliphatic rings. The highest BCUT2D eigenvalue weighted by Crippen LogP contribution is 2.34.